The van der Waals surface area contributed by atoms with Crippen LogP contribution in [0.1, 0.15) is 31.0 Å². The smallest absolute Gasteiger partial charge is 0.260 e. The van der Waals surface area contributed by atoms with Crippen LogP contribution in [-0.2, 0) is 9.53 Å². The zero-order valence-corrected chi connectivity index (χ0v) is 16.3. The number of nitrogens with one attached hydrogen (secondary N) is 1. The van der Waals surface area contributed by atoms with Gasteiger partial charge in [0.25, 0.3) is 6.43 Å². The third kappa shape index (κ3) is 4.15. The molecule has 2 atom stereocenters. The fourth-order valence-corrected chi connectivity index (χ4v) is 4.61. The Morgan fingerprint density at radius 1 is 1.29 bits per heavy atom. The average molecular weight is 397 g/mol. The van der Waals surface area contributed by atoms with Gasteiger partial charge in [-0.15, -0.1) is 0 Å². The standard InChI is InChI=1S/C19H29F2N5O2/c1-13-10-17-22-15(11-16(19(20)21)26(17)23-13)14-2-4-25(5-3-14)18(27)12-24-6-8-28-9-7-24/h10,14-16,19,22H,2-9,11-12H2,1H3/t15-,16+/m0/s1. The fourth-order valence-electron chi connectivity index (χ4n) is 4.61. The van der Waals surface area contributed by atoms with Crippen molar-refractivity contribution in [1.29, 1.82) is 0 Å². The summed E-state index contributed by atoms with van der Waals surface area (Å²) in [6.07, 6.45) is -0.374. The molecule has 28 heavy (non-hydrogen) atoms. The van der Waals surface area contributed by atoms with Crippen LogP contribution in [0.3, 0.4) is 0 Å². The summed E-state index contributed by atoms with van der Waals surface area (Å²) in [6, 6.07) is 0.956. The van der Waals surface area contributed by atoms with E-state index in [4.69, 9.17) is 4.74 Å². The van der Waals surface area contributed by atoms with E-state index in [1.165, 1.54) is 4.68 Å². The molecule has 0 unspecified atom stereocenters. The molecule has 7 nitrogen and oxygen atoms in total. The SMILES string of the molecule is Cc1cc2n(n1)[C@@H](C(F)F)C[C@@H](C1CCN(C(=O)CN3CCOCC3)CC1)N2. The quantitative estimate of drug-likeness (QED) is 0.839. The molecule has 0 saturated carbocycles. The van der Waals surface area contributed by atoms with Gasteiger partial charge >= 0.3 is 0 Å². The molecule has 3 aliphatic heterocycles. The Labute approximate surface area is 164 Å². The van der Waals surface area contributed by atoms with Gasteiger partial charge in [0.2, 0.25) is 5.91 Å². The first kappa shape index (κ1) is 19.6. The van der Waals surface area contributed by atoms with Crippen molar-refractivity contribution >= 4 is 11.7 Å². The maximum Gasteiger partial charge on any atom is 0.260 e. The van der Waals surface area contributed by atoms with Gasteiger partial charge in [0, 0.05) is 38.3 Å². The molecule has 1 amide bonds. The molecular formula is C19H29F2N5O2. The number of hydrogen-bond acceptors (Lipinski definition) is 5. The van der Waals surface area contributed by atoms with E-state index in [9.17, 15) is 13.6 Å². The van der Waals surface area contributed by atoms with Crippen LogP contribution in [0.5, 0.6) is 0 Å². The predicted molar refractivity (Wildman–Crippen MR) is 101 cm³/mol. The molecule has 0 bridgehead atoms. The summed E-state index contributed by atoms with van der Waals surface area (Å²) in [7, 11) is 0. The molecule has 4 rings (SSSR count). The summed E-state index contributed by atoms with van der Waals surface area (Å²) in [5.41, 5.74) is 0.748. The Morgan fingerprint density at radius 2 is 2.00 bits per heavy atom. The van der Waals surface area contributed by atoms with E-state index >= 15 is 0 Å². The summed E-state index contributed by atoms with van der Waals surface area (Å²) in [4.78, 5) is 16.6. The number of carbonyl (C=O) groups is 1. The number of alkyl halides is 2. The lowest BCUT2D eigenvalue weighted by Crippen LogP contribution is -2.49. The predicted octanol–water partition coefficient (Wildman–Crippen LogP) is 1.75. The number of rotatable bonds is 4. The van der Waals surface area contributed by atoms with E-state index < -0.39 is 12.5 Å². The number of ether oxygens (including phenoxy) is 1. The minimum atomic E-state index is -2.43. The highest BCUT2D eigenvalue weighted by atomic mass is 19.3. The third-order valence-corrected chi connectivity index (χ3v) is 6.22. The number of hydrogen-bond donors (Lipinski definition) is 1. The summed E-state index contributed by atoms with van der Waals surface area (Å²) in [5, 5.41) is 7.66. The van der Waals surface area contributed by atoms with Crippen LogP contribution in [0.2, 0.25) is 0 Å². The first-order chi connectivity index (χ1) is 13.5. The zero-order chi connectivity index (χ0) is 19.7. The number of morpholine rings is 1. The number of anilines is 1. The first-order valence-corrected chi connectivity index (χ1v) is 10.2. The van der Waals surface area contributed by atoms with Crippen molar-refractivity contribution in [1.82, 2.24) is 19.6 Å². The number of carbonyl (C=O) groups excluding carboxylic acids is 1. The van der Waals surface area contributed by atoms with Gasteiger partial charge in [-0.05, 0) is 32.1 Å². The minimum Gasteiger partial charge on any atom is -0.379 e. The molecule has 3 aliphatic rings. The van der Waals surface area contributed by atoms with Crippen LogP contribution in [0.25, 0.3) is 0 Å². The van der Waals surface area contributed by atoms with Crippen LogP contribution in [0.4, 0.5) is 14.6 Å². The van der Waals surface area contributed by atoms with E-state index in [0.717, 1.165) is 31.6 Å². The number of nitrogens with zero attached hydrogens (tertiary/aromatic N) is 4. The largest absolute Gasteiger partial charge is 0.379 e. The highest BCUT2D eigenvalue weighted by molar-refractivity contribution is 5.78. The monoisotopic (exact) mass is 397 g/mol. The second kappa shape index (κ2) is 8.32. The lowest BCUT2D eigenvalue weighted by molar-refractivity contribution is -0.134. The van der Waals surface area contributed by atoms with Gasteiger partial charge in [-0.3, -0.25) is 9.69 Å². The second-order valence-electron chi connectivity index (χ2n) is 8.11. The topological polar surface area (TPSA) is 62.6 Å². The molecule has 0 aromatic carbocycles. The van der Waals surface area contributed by atoms with Crippen molar-refractivity contribution < 1.29 is 18.3 Å². The highest BCUT2D eigenvalue weighted by Crippen LogP contribution is 2.36. The summed E-state index contributed by atoms with van der Waals surface area (Å²) in [6.45, 7) is 6.64. The Kier molecular flexibility index (Phi) is 5.82. The van der Waals surface area contributed by atoms with Gasteiger partial charge in [0.05, 0.1) is 25.5 Å². The lowest BCUT2D eigenvalue weighted by Gasteiger charge is -2.41. The first-order valence-electron chi connectivity index (χ1n) is 10.2. The van der Waals surface area contributed by atoms with E-state index in [1.807, 2.05) is 17.9 Å². The molecular weight excluding hydrogens is 368 g/mol. The number of aryl methyl sites for hydroxylation is 1. The molecule has 1 aromatic rings. The molecule has 2 fully saturated rings. The van der Waals surface area contributed by atoms with Gasteiger partial charge in [-0.25, -0.2) is 13.5 Å². The van der Waals surface area contributed by atoms with E-state index in [1.54, 1.807) is 0 Å². The molecule has 0 aliphatic carbocycles. The van der Waals surface area contributed by atoms with Crippen molar-refractivity contribution in [2.75, 3.05) is 51.3 Å². The average Bonchev–Trinajstić information content (AvgIpc) is 3.08. The Bertz CT molecular complexity index is 684. The van der Waals surface area contributed by atoms with E-state index in [-0.39, 0.29) is 17.9 Å². The third-order valence-electron chi connectivity index (χ3n) is 6.22. The molecule has 9 heteroatoms. The Balaban J connectivity index is 1.33. The Hall–Kier alpha value is -1.74. The molecule has 1 N–H and O–H groups in total. The van der Waals surface area contributed by atoms with Crippen LogP contribution >= 0.6 is 0 Å². The number of amides is 1. The number of halogens is 2. The minimum absolute atomic E-state index is 0.000838. The van der Waals surface area contributed by atoms with Crippen LogP contribution in [0.15, 0.2) is 6.07 Å². The molecule has 1 aromatic heterocycles. The number of fused-ring (bicyclic) bond motifs is 1. The maximum absolute atomic E-state index is 13.6. The second-order valence-corrected chi connectivity index (χ2v) is 8.11. The highest BCUT2D eigenvalue weighted by Gasteiger charge is 2.38. The number of likely N-dealkylation sites (tertiary alicyclic amines) is 1. The van der Waals surface area contributed by atoms with Crippen LogP contribution < -0.4 is 5.32 Å². The zero-order valence-electron chi connectivity index (χ0n) is 16.3. The fraction of sp³-hybridized carbons (Fsp3) is 0.789. The molecule has 156 valence electrons. The van der Waals surface area contributed by atoms with Gasteiger partial charge < -0.3 is 15.0 Å². The van der Waals surface area contributed by atoms with Crippen molar-refractivity contribution in [3.63, 3.8) is 0 Å². The Morgan fingerprint density at radius 3 is 2.68 bits per heavy atom. The molecule has 2 saturated heterocycles. The van der Waals surface area contributed by atoms with Crippen molar-refractivity contribution in [2.45, 2.75) is 44.7 Å². The number of piperidine rings is 1. The summed E-state index contributed by atoms with van der Waals surface area (Å²) in [5.74, 6) is 1.14. The summed E-state index contributed by atoms with van der Waals surface area (Å²) >= 11 is 0. The normalized spacial score (nSPS) is 26.9. The van der Waals surface area contributed by atoms with Gasteiger partial charge in [0.15, 0.2) is 0 Å². The van der Waals surface area contributed by atoms with E-state index in [2.05, 4.69) is 15.3 Å². The number of aromatic nitrogens is 2. The molecule has 4 heterocycles. The van der Waals surface area contributed by atoms with Crippen molar-refractivity contribution in [2.24, 2.45) is 5.92 Å². The summed E-state index contributed by atoms with van der Waals surface area (Å²) < 4.78 is 33.9. The van der Waals surface area contributed by atoms with Gasteiger partial charge in [0.1, 0.15) is 11.9 Å². The maximum atomic E-state index is 13.6. The molecule has 0 radical (unpaired) electrons. The van der Waals surface area contributed by atoms with Crippen LogP contribution in [0, 0.1) is 12.8 Å². The van der Waals surface area contributed by atoms with Gasteiger partial charge in [-0.1, -0.05) is 0 Å². The van der Waals surface area contributed by atoms with E-state index in [0.29, 0.717) is 45.1 Å². The van der Waals surface area contributed by atoms with Crippen LogP contribution in [-0.4, -0.2) is 83.9 Å². The lowest BCUT2D eigenvalue weighted by atomic mass is 9.85. The van der Waals surface area contributed by atoms with Gasteiger partial charge in [-0.2, -0.15) is 5.10 Å². The van der Waals surface area contributed by atoms with Crippen molar-refractivity contribution in [3.8, 4) is 0 Å². The van der Waals surface area contributed by atoms with Crippen molar-refractivity contribution in [3.05, 3.63) is 11.8 Å². The molecule has 0 spiro atoms.